The number of carbonyl (C=O) groups is 2. The maximum atomic E-state index is 10.9. The lowest BCUT2D eigenvalue weighted by Crippen LogP contribution is -2.13. The molecule has 16 heavy (non-hydrogen) atoms. The van der Waals surface area contributed by atoms with Crippen molar-refractivity contribution in [2.45, 2.75) is 20.3 Å². The van der Waals surface area contributed by atoms with Crippen LogP contribution in [0.25, 0.3) is 0 Å². The highest BCUT2D eigenvalue weighted by Crippen LogP contribution is 2.13. The van der Waals surface area contributed by atoms with Gasteiger partial charge in [-0.05, 0) is 30.2 Å². The summed E-state index contributed by atoms with van der Waals surface area (Å²) in [6.45, 7) is 3.04. The van der Waals surface area contributed by atoms with Crippen LogP contribution in [0.5, 0.6) is 0 Å². The van der Waals surface area contributed by atoms with Gasteiger partial charge in [0.15, 0.2) is 0 Å². The SMILES string of the molecule is CC(=O)O.CCc1cc(N)ccc1C(N)=O. The minimum atomic E-state index is -0.833. The van der Waals surface area contributed by atoms with Gasteiger partial charge in [-0.2, -0.15) is 0 Å². The molecule has 0 heterocycles. The van der Waals surface area contributed by atoms with Gasteiger partial charge in [0.2, 0.25) is 5.91 Å². The number of carboxylic acid groups (broad SMARTS) is 1. The van der Waals surface area contributed by atoms with Crippen molar-refractivity contribution in [1.82, 2.24) is 0 Å². The van der Waals surface area contributed by atoms with Crippen LogP contribution in [0.3, 0.4) is 0 Å². The second-order valence-electron chi connectivity index (χ2n) is 3.15. The van der Waals surface area contributed by atoms with Gasteiger partial charge in [0.1, 0.15) is 0 Å². The summed E-state index contributed by atoms with van der Waals surface area (Å²) in [7, 11) is 0. The number of carbonyl (C=O) groups excluding carboxylic acids is 1. The van der Waals surface area contributed by atoms with Crippen LogP contribution in [0.4, 0.5) is 5.69 Å². The van der Waals surface area contributed by atoms with E-state index in [0.717, 1.165) is 18.9 Å². The molecule has 0 saturated carbocycles. The molecule has 1 aromatic rings. The highest BCUT2D eigenvalue weighted by Gasteiger charge is 2.05. The van der Waals surface area contributed by atoms with Crippen LogP contribution in [0.2, 0.25) is 0 Å². The molecule has 0 aliphatic rings. The Morgan fingerprint density at radius 1 is 1.38 bits per heavy atom. The van der Waals surface area contributed by atoms with E-state index in [9.17, 15) is 4.79 Å². The fraction of sp³-hybridized carbons (Fsp3) is 0.273. The van der Waals surface area contributed by atoms with Gasteiger partial charge in [0, 0.05) is 18.2 Å². The Kier molecular flexibility index (Phi) is 5.62. The molecule has 1 rings (SSSR count). The zero-order chi connectivity index (χ0) is 12.7. The van der Waals surface area contributed by atoms with E-state index in [2.05, 4.69) is 0 Å². The third-order valence-corrected chi connectivity index (χ3v) is 1.78. The van der Waals surface area contributed by atoms with Crippen LogP contribution in [0, 0.1) is 0 Å². The summed E-state index contributed by atoms with van der Waals surface area (Å²) in [5.41, 5.74) is 12.8. The summed E-state index contributed by atoms with van der Waals surface area (Å²) < 4.78 is 0. The average molecular weight is 224 g/mol. The van der Waals surface area contributed by atoms with Crippen LogP contribution in [-0.2, 0) is 11.2 Å². The highest BCUT2D eigenvalue weighted by atomic mass is 16.4. The highest BCUT2D eigenvalue weighted by molar-refractivity contribution is 5.94. The van der Waals surface area contributed by atoms with E-state index in [1.807, 2.05) is 6.92 Å². The van der Waals surface area contributed by atoms with E-state index in [-0.39, 0.29) is 0 Å². The fourth-order valence-corrected chi connectivity index (χ4v) is 1.15. The number of hydrogen-bond donors (Lipinski definition) is 3. The number of nitrogen functional groups attached to an aromatic ring is 1. The predicted molar refractivity (Wildman–Crippen MR) is 62.1 cm³/mol. The van der Waals surface area contributed by atoms with Crippen molar-refractivity contribution in [3.8, 4) is 0 Å². The van der Waals surface area contributed by atoms with Crippen molar-refractivity contribution < 1.29 is 14.7 Å². The van der Waals surface area contributed by atoms with E-state index in [1.54, 1.807) is 18.2 Å². The number of rotatable bonds is 2. The zero-order valence-electron chi connectivity index (χ0n) is 9.36. The molecule has 5 nitrogen and oxygen atoms in total. The van der Waals surface area contributed by atoms with Gasteiger partial charge in [0.25, 0.3) is 5.97 Å². The first-order valence-corrected chi connectivity index (χ1v) is 4.76. The second-order valence-corrected chi connectivity index (χ2v) is 3.15. The van der Waals surface area contributed by atoms with Gasteiger partial charge >= 0.3 is 0 Å². The molecule has 1 aromatic carbocycles. The third-order valence-electron chi connectivity index (χ3n) is 1.78. The molecule has 0 radical (unpaired) electrons. The van der Waals surface area contributed by atoms with Gasteiger partial charge in [-0.3, -0.25) is 9.59 Å². The van der Waals surface area contributed by atoms with Crippen LogP contribution in [-0.4, -0.2) is 17.0 Å². The maximum Gasteiger partial charge on any atom is 0.300 e. The van der Waals surface area contributed by atoms with Crippen LogP contribution in [0.1, 0.15) is 29.8 Å². The van der Waals surface area contributed by atoms with Crippen molar-refractivity contribution in [2.24, 2.45) is 5.73 Å². The number of carboxylic acids is 1. The van der Waals surface area contributed by atoms with E-state index < -0.39 is 11.9 Å². The van der Waals surface area contributed by atoms with Gasteiger partial charge in [-0.25, -0.2) is 0 Å². The van der Waals surface area contributed by atoms with Crippen molar-refractivity contribution in [1.29, 1.82) is 0 Å². The summed E-state index contributed by atoms with van der Waals surface area (Å²) in [6, 6.07) is 5.12. The number of benzene rings is 1. The number of aliphatic carboxylic acids is 1. The Bertz CT molecular complexity index is 385. The first kappa shape index (κ1) is 14.0. The molecule has 5 N–H and O–H groups in total. The molecule has 0 bridgehead atoms. The molecule has 0 fully saturated rings. The van der Waals surface area contributed by atoms with Crippen molar-refractivity contribution >= 4 is 17.6 Å². The van der Waals surface area contributed by atoms with E-state index in [0.29, 0.717) is 11.3 Å². The summed E-state index contributed by atoms with van der Waals surface area (Å²) in [4.78, 5) is 19.9. The molecule has 5 heteroatoms. The Hall–Kier alpha value is -2.04. The van der Waals surface area contributed by atoms with Crippen molar-refractivity contribution in [3.63, 3.8) is 0 Å². The predicted octanol–water partition coefficient (Wildman–Crippen LogP) is 1.02. The maximum absolute atomic E-state index is 10.9. The summed E-state index contributed by atoms with van der Waals surface area (Å²) in [6.07, 6.45) is 0.767. The topological polar surface area (TPSA) is 106 Å². The molecule has 1 amide bonds. The van der Waals surface area contributed by atoms with Gasteiger partial charge in [0.05, 0.1) is 0 Å². The Labute approximate surface area is 94.1 Å². The number of hydrogen-bond acceptors (Lipinski definition) is 3. The molecule has 0 atom stereocenters. The van der Waals surface area contributed by atoms with Gasteiger partial charge < -0.3 is 16.6 Å². The molecule has 0 saturated heterocycles. The Morgan fingerprint density at radius 2 is 1.88 bits per heavy atom. The largest absolute Gasteiger partial charge is 0.481 e. The zero-order valence-corrected chi connectivity index (χ0v) is 9.36. The summed E-state index contributed by atoms with van der Waals surface area (Å²) >= 11 is 0. The molecule has 88 valence electrons. The lowest BCUT2D eigenvalue weighted by atomic mass is 10.0. The standard InChI is InChI=1S/C9H12N2O.C2H4O2/c1-2-6-5-7(10)3-4-8(6)9(11)12;1-2(3)4/h3-5H,2,10H2,1H3,(H2,11,12);1H3,(H,3,4). The van der Waals surface area contributed by atoms with E-state index >= 15 is 0 Å². The van der Waals surface area contributed by atoms with Gasteiger partial charge in [-0.1, -0.05) is 6.92 Å². The first-order valence-electron chi connectivity index (χ1n) is 4.76. The van der Waals surface area contributed by atoms with Crippen molar-refractivity contribution in [2.75, 3.05) is 5.73 Å². The molecular formula is C11H16N2O3. The molecule has 0 aliphatic heterocycles. The number of primary amides is 1. The molecule has 0 aromatic heterocycles. The number of aryl methyl sites for hydroxylation is 1. The summed E-state index contributed by atoms with van der Waals surface area (Å²) in [5, 5.41) is 7.42. The minimum absolute atomic E-state index is 0.396. The minimum Gasteiger partial charge on any atom is -0.481 e. The molecule has 0 aliphatic carbocycles. The normalized spacial score (nSPS) is 8.88. The van der Waals surface area contributed by atoms with E-state index in [4.69, 9.17) is 21.4 Å². The summed E-state index contributed by atoms with van der Waals surface area (Å²) in [5.74, 6) is -1.23. The average Bonchev–Trinajstić information content (AvgIpc) is 2.16. The molecule has 0 unspecified atom stereocenters. The lowest BCUT2D eigenvalue weighted by Gasteiger charge is -2.04. The lowest BCUT2D eigenvalue weighted by molar-refractivity contribution is -0.134. The Morgan fingerprint density at radius 3 is 2.25 bits per heavy atom. The van der Waals surface area contributed by atoms with Gasteiger partial charge in [-0.15, -0.1) is 0 Å². The quantitative estimate of drug-likeness (QED) is 0.652. The van der Waals surface area contributed by atoms with E-state index in [1.165, 1.54) is 0 Å². The van der Waals surface area contributed by atoms with Crippen molar-refractivity contribution in [3.05, 3.63) is 29.3 Å². The number of amides is 1. The Balaban J connectivity index is 0.000000487. The number of nitrogens with two attached hydrogens (primary N) is 2. The number of anilines is 1. The van der Waals surface area contributed by atoms with Crippen LogP contribution < -0.4 is 11.5 Å². The molecule has 0 spiro atoms. The smallest absolute Gasteiger partial charge is 0.300 e. The fourth-order valence-electron chi connectivity index (χ4n) is 1.15. The third kappa shape index (κ3) is 4.99. The monoisotopic (exact) mass is 224 g/mol. The second kappa shape index (κ2) is 6.44. The van der Waals surface area contributed by atoms with Crippen LogP contribution >= 0.6 is 0 Å². The first-order chi connectivity index (χ1) is 7.38. The molecular weight excluding hydrogens is 208 g/mol. The van der Waals surface area contributed by atoms with Crippen LogP contribution in [0.15, 0.2) is 18.2 Å².